The van der Waals surface area contributed by atoms with E-state index in [-0.39, 0.29) is 0 Å². The third kappa shape index (κ3) is 4.76. The monoisotopic (exact) mass is 331 g/mol. The second-order valence-corrected chi connectivity index (χ2v) is 7.76. The van der Waals surface area contributed by atoms with E-state index >= 15 is 0 Å². The molecule has 0 aromatic heterocycles. The molecule has 0 saturated heterocycles. The van der Waals surface area contributed by atoms with Crippen molar-refractivity contribution >= 4 is 33.0 Å². The Labute approximate surface area is 131 Å². The van der Waals surface area contributed by atoms with E-state index in [9.17, 15) is 8.42 Å². The van der Waals surface area contributed by atoms with Crippen LogP contribution in [-0.2, 0) is 10.0 Å². The molecule has 1 aliphatic rings. The van der Waals surface area contributed by atoms with Crippen LogP contribution in [0.5, 0.6) is 0 Å². The predicted octanol–water partition coefficient (Wildman–Crippen LogP) is 2.64. The summed E-state index contributed by atoms with van der Waals surface area (Å²) in [5, 5.41) is 3.85. The molecule has 4 N–H and O–H groups in total. The largest absolute Gasteiger partial charge is 0.382 e. The summed E-state index contributed by atoms with van der Waals surface area (Å²) in [5.41, 5.74) is 7.11. The minimum atomic E-state index is -3.32. The lowest BCUT2D eigenvalue weighted by atomic mass is 9.84. The normalized spacial score (nSPS) is 22.8. The van der Waals surface area contributed by atoms with Gasteiger partial charge in [0, 0.05) is 11.7 Å². The van der Waals surface area contributed by atoms with Crippen LogP contribution in [0, 0.1) is 5.92 Å². The lowest BCUT2D eigenvalue weighted by Gasteiger charge is -2.32. The fraction of sp³-hybridized carbons (Fsp3) is 0.571. The van der Waals surface area contributed by atoms with Crippen molar-refractivity contribution in [1.82, 2.24) is 0 Å². The van der Waals surface area contributed by atoms with Gasteiger partial charge in [-0.1, -0.05) is 24.4 Å². The highest BCUT2D eigenvalue weighted by molar-refractivity contribution is 7.92. The van der Waals surface area contributed by atoms with Gasteiger partial charge in [0.1, 0.15) is 0 Å². The number of hydrogen-bond donors (Lipinski definition) is 3. The van der Waals surface area contributed by atoms with E-state index < -0.39 is 10.0 Å². The lowest BCUT2D eigenvalue weighted by Crippen LogP contribution is -2.36. The average Bonchev–Trinajstić information content (AvgIpc) is 2.41. The van der Waals surface area contributed by atoms with Gasteiger partial charge in [0.2, 0.25) is 10.0 Å². The van der Waals surface area contributed by atoms with Gasteiger partial charge in [-0.3, -0.25) is 4.72 Å². The Morgan fingerprint density at radius 3 is 2.67 bits per heavy atom. The van der Waals surface area contributed by atoms with Crippen LogP contribution in [0.25, 0.3) is 0 Å². The Morgan fingerprint density at radius 1 is 1.33 bits per heavy atom. The van der Waals surface area contributed by atoms with E-state index in [0.29, 0.717) is 29.2 Å². The van der Waals surface area contributed by atoms with Crippen LogP contribution in [0.1, 0.15) is 25.7 Å². The molecule has 2 atom stereocenters. The van der Waals surface area contributed by atoms with E-state index in [1.165, 1.54) is 12.8 Å². The topological polar surface area (TPSA) is 84.2 Å². The van der Waals surface area contributed by atoms with Crippen molar-refractivity contribution < 1.29 is 8.42 Å². The highest BCUT2D eigenvalue weighted by Gasteiger charge is 2.23. The summed E-state index contributed by atoms with van der Waals surface area (Å²) in [6.45, 7) is 0.680. The van der Waals surface area contributed by atoms with Crippen LogP contribution in [-0.4, -0.2) is 27.3 Å². The fourth-order valence-corrected chi connectivity index (χ4v) is 3.64. The first-order valence-corrected chi connectivity index (χ1v) is 9.40. The average molecular weight is 332 g/mol. The Morgan fingerprint density at radius 2 is 2.05 bits per heavy atom. The fourth-order valence-electron chi connectivity index (χ4n) is 2.78. The van der Waals surface area contributed by atoms with Crippen molar-refractivity contribution in [2.24, 2.45) is 11.7 Å². The van der Waals surface area contributed by atoms with Crippen molar-refractivity contribution in [3.05, 3.63) is 23.2 Å². The summed E-state index contributed by atoms with van der Waals surface area (Å²) in [5.74, 6) is 0.478. The molecule has 0 radical (unpaired) electrons. The molecule has 0 spiro atoms. The predicted molar refractivity (Wildman–Crippen MR) is 88.3 cm³/mol. The molecule has 1 aromatic rings. The molecule has 118 valence electrons. The van der Waals surface area contributed by atoms with Crippen LogP contribution in [0.2, 0.25) is 5.02 Å². The Bertz CT molecular complexity index is 592. The smallest absolute Gasteiger partial charge is 0.229 e. The second kappa shape index (κ2) is 6.85. The summed E-state index contributed by atoms with van der Waals surface area (Å²) in [6.07, 6.45) is 5.79. The van der Waals surface area contributed by atoms with E-state index in [1.807, 2.05) is 6.07 Å². The third-order valence-corrected chi connectivity index (χ3v) is 4.73. The molecule has 0 bridgehead atoms. The molecule has 1 aliphatic carbocycles. The van der Waals surface area contributed by atoms with Crippen LogP contribution < -0.4 is 15.8 Å². The quantitative estimate of drug-likeness (QED) is 0.774. The summed E-state index contributed by atoms with van der Waals surface area (Å²) in [4.78, 5) is 0. The first-order valence-electron chi connectivity index (χ1n) is 7.13. The second-order valence-electron chi connectivity index (χ2n) is 5.60. The molecular weight excluding hydrogens is 310 g/mol. The van der Waals surface area contributed by atoms with Gasteiger partial charge in [-0.25, -0.2) is 8.42 Å². The number of sulfonamides is 1. The van der Waals surface area contributed by atoms with Crippen LogP contribution in [0.15, 0.2) is 18.2 Å². The number of nitrogens with one attached hydrogen (secondary N) is 2. The molecule has 2 unspecified atom stereocenters. The zero-order valence-corrected chi connectivity index (χ0v) is 13.7. The van der Waals surface area contributed by atoms with E-state index in [1.54, 1.807) is 12.1 Å². The Balaban J connectivity index is 2.09. The van der Waals surface area contributed by atoms with Crippen LogP contribution in [0.3, 0.4) is 0 Å². The number of hydrogen-bond acceptors (Lipinski definition) is 4. The number of benzene rings is 1. The summed E-state index contributed by atoms with van der Waals surface area (Å²) in [6, 6.07) is 5.61. The highest BCUT2D eigenvalue weighted by atomic mass is 35.5. The number of anilines is 2. The molecular formula is C14H22ClN3O2S. The minimum absolute atomic E-state index is 0.355. The van der Waals surface area contributed by atoms with Gasteiger partial charge in [0.05, 0.1) is 17.0 Å². The van der Waals surface area contributed by atoms with Gasteiger partial charge in [0.25, 0.3) is 0 Å². The molecule has 0 amide bonds. The zero-order valence-electron chi connectivity index (χ0n) is 12.1. The molecule has 1 aromatic carbocycles. The number of halogens is 1. The minimum Gasteiger partial charge on any atom is -0.382 e. The first kappa shape index (κ1) is 16.4. The maximum absolute atomic E-state index is 11.2. The molecule has 5 nitrogen and oxygen atoms in total. The SMILES string of the molecule is CS(=O)(=O)Nc1ccc(NC2CCCCC2CN)cc1Cl. The standard InChI is InChI=1S/C14H22ClN3O2S/c1-21(19,20)18-14-7-6-11(8-12(14)15)17-13-5-3-2-4-10(13)9-16/h6-8,10,13,17-18H,2-5,9,16H2,1H3. The maximum atomic E-state index is 11.2. The Hall–Kier alpha value is -0.980. The van der Waals surface area contributed by atoms with Gasteiger partial charge in [-0.15, -0.1) is 0 Å². The van der Waals surface area contributed by atoms with E-state index in [2.05, 4.69) is 10.0 Å². The van der Waals surface area contributed by atoms with Crippen molar-refractivity contribution in [3.8, 4) is 0 Å². The molecule has 21 heavy (non-hydrogen) atoms. The van der Waals surface area contributed by atoms with Gasteiger partial charge < -0.3 is 11.1 Å². The molecule has 7 heteroatoms. The van der Waals surface area contributed by atoms with Gasteiger partial charge in [-0.2, -0.15) is 0 Å². The van der Waals surface area contributed by atoms with Gasteiger partial charge in [-0.05, 0) is 43.5 Å². The number of rotatable bonds is 5. The molecule has 0 heterocycles. The van der Waals surface area contributed by atoms with Gasteiger partial charge >= 0.3 is 0 Å². The van der Waals surface area contributed by atoms with E-state index in [0.717, 1.165) is 24.8 Å². The highest BCUT2D eigenvalue weighted by Crippen LogP contribution is 2.30. The lowest BCUT2D eigenvalue weighted by molar-refractivity contribution is 0.332. The molecule has 1 saturated carbocycles. The van der Waals surface area contributed by atoms with Gasteiger partial charge in [0.15, 0.2) is 0 Å². The van der Waals surface area contributed by atoms with Crippen molar-refractivity contribution in [2.75, 3.05) is 22.8 Å². The summed E-state index contributed by atoms with van der Waals surface area (Å²) >= 11 is 6.13. The number of nitrogens with two attached hydrogens (primary N) is 1. The summed E-state index contributed by atoms with van der Waals surface area (Å²) < 4.78 is 24.9. The van der Waals surface area contributed by atoms with Crippen molar-refractivity contribution in [3.63, 3.8) is 0 Å². The molecule has 2 rings (SSSR count). The van der Waals surface area contributed by atoms with E-state index in [4.69, 9.17) is 17.3 Å². The molecule has 1 fully saturated rings. The third-order valence-electron chi connectivity index (χ3n) is 3.83. The molecule has 0 aliphatic heterocycles. The maximum Gasteiger partial charge on any atom is 0.229 e. The Kier molecular flexibility index (Phi) is 5.35. The summed E-state index contributed by atoms with van der Waals surface area (Å²) in [7, 11) is -3.32. The van der Waals surface area contributed by atoms with Crippen LogP contribution in [0.4, 0.5) is 11.4 Å². The van der Waals surface area contributed by atoms with Crippen molar-refractivity contribution in [2.45, 2.75) is 31.7 Å². The zero-order chi connectivity index (χ0) is 15.5. The first-order chi connectivity index (χ1) is 9.89. The van der Waals surface area contributed by atoms with Crippen LogP contribution >= 0.6 is 11.6 Å². The van der Waals surface area contributed by atoms with Crippen molar-refractivity contribution in [1.29, 1.82) is 0 Å².